The third kappa shape index (κ3) is 5.87. The second-order valence-electron chi connectivity index (χ2n) is 7.84. The maximum atomic E-state index is 12.8. The molecule has 1 aliphatic heterocycles. The monoisotopic (exact) mass is 597 g/mol. The highest BCUT2D eigenvalue weighted by atomic mass is 79.9. The lowest BCUT2D eigenvalue weighted by Gasteiger charge is -2.16. The van der Waals surface area contributed by atoms with Gasteiger partial charge in [0.2, 0.25) is 10.0 Å². The molecular formula is C23H21BrClN3O5S2. The normalized spacial score (nSPS) is 14.6. The highest BCUT2D eigenvalue weighted by Crippen LogP contribution is 2.26. The second-order valence-corrected chi connectivity index (χ2v) is 12.8. The first kappa shape index (κ1) is 25.6. The summed E-state index contributed by atoms with van der Waals surface area (Å²) >= 11 is 9.47. The van der Waals surface area contributed by atoms with E-state index < -0.39 is 26.0 Å². The maximum Gasteiger partial charge on any atom is 0.261 e. The van der Waals surface area contributed by atoms with Gasteiger partial charge in [-0.15, -0.1) is 0 Å². The minimum atomic E-state index is -3.83. The summed E-state index contributed by atoms with van der Waals surface area (Å²) in [7, 11) is -7.55. The minimum Gasteiger partial charge on any atom is -0.322 e. The summed E-state index contributed by atoms with van der Waals surface area (Å²) in [5, 5.41) is 2.73. The fourth-order valence-electron chi connectivity index (χ4n) is 3.56. The number of rotatable bonds is 7. The Labute approximate surface area is 217 Å². The molecule has 1 saturated heterocycles. The molecule has 0 spiro atoms. The highest BCUT2D eigenvalue weighted by Gasteiger charge is 2.28. The van der Waals surface area contributed by atoms with Crippen molar-refractivity contribution in [1.82, 2.24) is 4.31 Å². The smallest absolute Gasteiger partial charge is 0.261 e. The number of benzene rings is 3. The standard InChI is InChI=1S/C23H21BrClN3O5S2/c24-16-3-5-18(6-4-16)27-34(30,31)19-9-7-17(8-10-19)26-23(29)21-15-20(11-12-22(21)25)35(32,33)28-13-1-2-14-28/h3-12,15,27H,1-2,13-14H2,(H,26,29). The van der Waals surface area contributed by atoms with Crippen LogP contribution in [-0.2, 0) is 20.0 Å². The fraction of sp³-hybridized carbons (Fsp3) is 0.174. The summed E-state index contributed by atoms with van der Waals surface area (Å²) in [5.41, 5.74) is 0.728. The molecule has 1 amide bonds. The molecule has 1 aliphatic rings. The Morgan fingerprint density at radius 2 is 1.40 bits per heavy atom. The molecule has 12 heteroatoms. The van der Waals surface area contributed by atoms with E-state index in [-0.39, 0.29) is 20.4 Å². The van der Waals surface area contributed by atoms with Gasteiger partial charge in [0.05, 0.1) is 20.4 Å². The Morgan fingerprint density at radius 3 is 2.03 bits per heavy atom. The topological polar surface area (TPSA) is 113 Å². The SMILES string of the molecule is O=C(Nc1ccc(S(=O)(=O)Nc2ccc(Br)cc2)cc1)c1cc(S(=O)(=O)N2CCCC2)ccc1Cl. The number of carbonyl (C=O) groups is 1. The lowest BCUT2D eigenvalue weighted by Crippen LogP contribution is -2.28. The summed E-state index contributed by atoms with van der Waals surface area (Å²) < 4.78 is 55.7. The van der Waals surface area contributed by atoms with E-state index in [1.54, 1.807) is 24.3 Å². The predicted octanol–water partition coefficient (Wildman–Crippen LogP) is 4.94. The van der Waals surface area contributed by atoms with E-state index in [0.717, 1.165) is 17.3 Å². The maximum absolute atomic E-state index is 12.8. The quantitative estimate of drug-likeness (QED) is 0.400. The number of hydrogen-bond acceptors (Lipinski definition) is 5. The van der Waals surface area contributed by atoms with Gasteiger partial charge < -0.3 is 5.32 Å². The summed E-state index contributed by atoms with van der Waals surface area (Å²) in [6.45, 7) is 0.886. The van der Waals surface area contributed by atoms with Gasteiger partial charge in [-0.05, 0) is 79.6 Å². The lowest BCUT2D eigenvalue weighted by molar-refractivity contribution is 0.102. The highest BCUT2D eigenvalue weighted by molar-refractivity contribution is 9.10. The molecule has 8 nitrogen and oxygen atoms in total. The molecule has 1 fully saturated rings. The Morgan fingerprint density at radius 1 is 0.829 bits per heavy atom. The van der Waals surface area contributed by atoms with Gasteiger partial charge in [0.25, 0.3) is 15.9 Å². The van der Waals surface area contributed by atoms with Crippen LogP contribution in [0, 0.1) is 0 Å². The summed E-state index contributed by atoms with van der Waals surface area (Å²) in [6, 6.07) is 16.3. The van der Waals surface area contributed by atoms with Crippen molar-refractivity contribution in [3.8, 4) is 0 Å². The van der Waals surface area contributed by atoms with E-state index in [1.807, 2.05) is 0 Å². The van der Waals surface area contributed by atoms with Crippen LogP contribution in [0.2, 0.25) is 5.02 Å². The van der Waals surface area contributed by atoms with Crippen molar-refractivity contribution in [3.05, 3.63) is 81.8 Å². The van der Waals surface area contributed by atoms with Crippen molar-refractivity contribution in [2.24, 2.45) is 0 Å². The third-order valence-corrected chi connectivity index (χ3v) is 9.55. The number of anilines is 2. The van der Waals surface area contributed by atoms with Crippen molar-refractivity contribution in [2.45, 2.75) is 22.6 Å². The molecular weight excluding hydrogens is 578 g/mol. The van der Waals surface area contributed by atoms with E-state index in [2.05, 4.69) is 26.0 Å². The zero-order valence-electron chi connectivity index (χ0n) is 18.2. The Balaban J connectivity index is 1.50. The molecule has 0 unspecified atom stereocenters. The third-order valence-electron chi connectivity index (χ3n) is 5.40. The number of hydrogen-bond donors (Lipinski definition) is 2. The van der Waals surface area contributed by atoms with Crippen LogP contribution in [0.4, 0.5) is 11.4 Å². The fourth-order valence-corrected chi connectivity index (χ4v) is 6.63. The van der Waals surface area contributed by atoms with Crippen LogP contribution in [0.3, 0.4) is 0 Å². The van der Waals surface area contributed by atoms with E-state index >= 15 is 0 Å². The first-order valence-corrected chi connectivity index (χ1v) is 14.7. The molecule has 1 heterocycles. The number of nitrogens with zero attached hydrogens (tertiary/aromatic N) is 1. The number of nitrogens with one attached hydrogen (secondary N) is 2. The van der Waals surface area contributed by atoms with E-state index in [4.69, 9.17) is 11.6 Å². The molecule has 4 rings (SSSR count). The molecule has 0 aromatic heterocycles. The molecule has 0 radical (unpaired) electrons. The Bertz CT molecular complexity index is 1460. The first-order chi connectivity index (χ1) is 16.6. The number of halogens is 2. The van der Waals surface area contributed by atoms with Gasteiger partial charge in [-0.3, -0.25) is 9.52 Å². The molecule has 0 aliphatic carbocycles. The van der Waals surface area contributed by atoms with Crippen molar-refractivity contribution in [3.63, 3.8) is 0 Å². The number of sulfonamides is 2. The number of carbonyl (C=O) groups excluding carboxylic acids is 1. The van der Waals surface area contributed by atoms with Crippen LogP contribution in [0.25, 0.3) is 0 Å². The van der Waals surface area contributed by atoms with Crippen molar-refractivity contribution in [2.75, 3.05) is 23.1 Å². The van der Waals surface area contributed by atoms with E-state index in [9.17, 15) is 21.6 Å². The van der Waals surface area contributed by atoms with Crippen LogP contribution in [0.15, 0.2) is 81.0 Å². The van der Waals surface area contributed by atoms with Crippen LogP contribution < -0.4 is 10.0 Å². The zero-order chi connectivity index (χ0) is 25.2. The van der Waals surface area contributed by atoms with Gasteiger partial charge in [0.1, 0.15) is 0 Å². The Hall–Kier alpha value is -2.44. The van der Waals surface area contributed by atoms with Gasteiger partial charge in [0.15, 0.2) is 0 Å². The Kier molecular flexibility index (Phi) is 7.53. The molecule has 3 aromatic rings. The molecule has 3 aromatic carbocycles. The summed E-state index contributed by atoms with van der Waals surface area (Å²) in [4.78, 5) is 12.9. The molecule has 2 N–H and O–H groups in total. The second kappa shape index (κ2) is 10.3. The van der Waals surface area contributed by atoms with Gasteiger partial charge in [-0.1, -0.05) is 27.5 Å². The van der Waals surface area contributed by atoms with Gasteiger partial charge in [-0.2, -0.15) is 4.31 Å². The van der Waals surface area contributed by atoms with E-state index in [0.29, 0.717) is 24.5 Å². The molecule has 0 saturated carbocycles. The van der Waals surface area contributed by atoms with E-state index in [1.165, 1.54) is 46.8 Å². The van der Waals surface area contributed by atoms with Crippen LogP contribution >= 0.6 is 27.5 Å². The van der Waals surface area contributed by atoms with Crippen molar-refractivity contribution < 1.29 is 21.6 Å². The van der Waals surface area contributed by atoms with Gasteiger partial charge in [0, 0.05) is 28.9 Å². The van der Waals surface area contributed by atoms with Crippen molar-refractivity contribution >= 4 is 64.9 Å². The predicted molar refractivity (Wildman–Crippen MR) is 139 cm³/mol. The summed E-state index contributed by atoms with van der Waals surface area (Å²) in [5.74, 6) is -0.614. The largest absolute Gasteiger partial charge is 0.322 e. The van der Waals surface area contributed by atoms with Crippen LogP contribution in [0.1, 0.15) is 23.2 Å². The molecule has 35 heavy (non-hydrogen) atoms. The first-order valence-electron chi connectivity index (χ1n) is 10.6. The van der Waals surface area contributed by atoms with Gasteiger partial charge >= 0.3 is 0 Å². The zero-order valence-corrected chi connectivity index (χ0v) is 22.2. The minimum absolute atomic E-state index is 0.000502. The van der Waals surface area contributed by atoms with Gasteiger partial charge in [-0.25, -0.2) is 16.8 Å². The molecule has 0 bridgehead atoms. The van der Waals surface area contributed by atoms with Crippen molar-refractivity contribution in [1.29, 1.82) is 0 Å². The average molecular weight is 599 g/mol. The summed E-state index contributed by atoms with van der Waals surface area (Å²) in [6.07, 6.45) is 1.59. The molecule has 0 atom stereocenters. The molecule has 184 valence electrons. The number of amides is 1. The average Bonchev–Trinajstić information content (AvgIpc) is 3.37. The van der Waals surface area contributed by atoms with Crippen LogP contribution in [0.5, 0.6) is 0 Å². The van der Waals surface area contributed by atoms with Crippen LogP contribution in [-0.4, -0.2) is 40.1 Å². The lowest BCUT2D eigenvalue weighted by atomic mass is 10.2.